The predicted molar refractivity (Wildman–Crippen MR) is 64.2 cm³/mol. The third-order valence-electron chi connectivity index (χ3n) is 2.40. The molecule has 0 aliphatic heterocycles. The zero-order valence-electron chi connectivity index (χ0n) is 10.3. The van der Waals surface area contributed by atoms with E-state index >= 15 is 0 Å². The van der Waals surface area contributed by atoms with Crippen molar-refractivity contribution in [2.24, 2.45) is 5.73 Å². The van der Waals surface area contributed by atoms with E-state index in [2.05, 4.69) is 0 Å². The number of nitrogens with zero attached hydrogens (tertiary/aromatic N) is 2. The predicted octanol–water partition coefficient (Wildman–Crippen LogP) is 0.496. The number of carbonyl (C=O) groups is 1. The fourth-order valence-electron chi connectivity index (χ4n) is 1.53. The molecule has 1 amide bonds. The van der Waals surface area contributed by atoms with Gasteiger partial charge in [-0.25, -0.2) is 0 Å². The number of amides is 1. The number of ether oxygens (including phenoxy) is 1. The van der Waals surface area contributed by atoms with Crippen LogP contribution in [0.3, 0.4) is 0 Å². The van der Waals surface area contributed by atoms with Crippen molar-refractivity contribution < 1.29 is 13.9 Å². The SMILES string of the molecule is COCC(N)C(=O)N(CCC#N)Cc1ccco1. The Labute approximate surface area is 106 Å². The van der Waals surface area contributed by atoms with Gasteiger partial charge in [0.15, 0.2) is 0 Å². The van der Waals surface area contributed by atoms with Gasteiger partial charge in [-0.3, -0.25) is 4.79 Å². The minimum Gasteiger partial charge on any atom is -0.467 e. The highest BCUT2D eigenvalue weighted by Crippen LogP contribution is 2.07. The van der Waals surface area contributed by atoms with E-state index in [1.54, 1.807) is 12.1 Å². The van der Waals surface area contributed by atoms with Crippen LogP contribution in [0.5, 0.6) is 0 Å². The first kappa shape index (κ1) is 14.2. The standard InChI is InChI=1S/C12H17N3O3/c1-17-9-11(14)12(16)15(6-3-5-13)8-10-4-2-7-18-10/h2,4,7,11H,3,6,8-9,14H2,1H3. The molecule has 0 aromatic carbocycles. The van der Waals surface area contributed by atoms with Crippen molar-refractivity contribution in [3.05, 3.63) is 24.2 Å². The molecule has 1 aromatic rings. The highest BCUT2D eigenvalue weighted by Gasteiger charge is 2.21. The summed E-state index contributed by atoms with van der Waals surface area (Å²) in [5.74, 6) is 0.411. The molecule has 1 heterocycles. The summed E-state index contributed by atoms with van der Waals surface area (Å²) in [5.41, 5.74) is 5.70. The molecular weight excluding hydrogens is 234 g/mol. The second kappa shape index (κ2) is 7.48. The first-order chi connectivity index (χ1) is 8.69. The molecule has 98 valence electrons. The van der Waals surface area contributed by atoms with E-state index in [0.717, 1.165) is 0 Å². The van der Waals surface area contributed by atoms with Gasteiger partial charge >= 0.3 is 0 Å². The lowest BCUT2D eigenvalue weighted by Crippen LogP contribution is -2.46. The molecule has 6 nitrogen and oxygen atoms in total. The van der Waals surface area contributed by atoms with Gasteiger partial charge in [-0.15, -0.1) is 0 Å². The van der Waals surface area contributed by atoms with Gasteiger partial charge in [0.1, 0.15) is 11.8 Å². The van der Waals surface area contributed by atoms with E-state index in [1.807, 2.05) is 6.07 Å². The second-order valence-corrected chi connectivity index (χ2v) is 3.81. The van der Waals surface area contributed by atoms with Gasteiger partial charge in [0.2, 0.25) is 5.91 Å². The van der Waals surface area contributed by atoms with E-state index < -0.39 is 6.04 Å². The van der Waals surface area contributed by atoms with Gasteiger partial charge in [-0.05, 0) is 12.1 Å². The third kappa shape index (κ3) is 4.20. The summed E-state index contributed by atoms with van der Waals surface area (Å²) in [6, 6.07) is 4.81. The number of rotatable bonds is 7. The Kier molecular flexibility index (Phi) is 5.91. The zero-order chi connectivity index (χ0) is 13.4. The maximum Gasteiger partial charge on any atom is 0.242 e. The topological polar surface area (TPSA) is 92.5 Å². The van der Waals surface area contributed by atoms with E-state index in [1.165, 1.54) is 18.3 Å². The van der Waals surface area contributed by atoms with Crippen LogP contribution in [-0.2, 0) is 16.1 Å². The fourth-order valence-corrected chi connectivity index (χ4v) is 1.53. The minimum absolute atomic E-state index is 0.153. The van der Waals surface area contributed by atoms with Crippen LogP contribution in [0.4, 0.5) is 0 Å². The van der Waals surface area contributed by atoms with Crippen LogP contribution in [0, 0.1) is 11.3 Å². The number of hydrogen-bond donors (Lipinski definition) is 1. The second-order valence-electron chi connectivity index (χ2n) is 3.81. The number of methoxy groups -OCH3 is 1. The van der Waals surface area contributed by atoms with E-state index in [9.17, 15) is 4.79 Å². The molecule has 0 aliphatic rings. The quantitative estimate of drug-likeness (QED) is 0.761. The van der Waals surface area contributed by atoms with Crippen molar-refractivity contribution in [2.45, 2.75) is 19.0 Å². The van der Waals surface area contributed by atoms with Gasteiger partial charge < -0.3 is 19.8 Å². The lowest BCUT2D eigenvalue weighted by molar-refractivity contribution is -0.134. The van der Waals surface area contributed by atoms with E-state index in [-0.39, 0.29) is 18.9 Å². The third-order valence-corrected chi connectivity index (χ3v) is 2.40. The average Bonchev–Trinajstić information content (AvgIpc) is 2.86. The molecule has 2 N–H and O–H groups in total. The highest BCUT2D eigenvalue weighted by molar-refractivity contribution is 5.81. The summed E-state index contributed by atoms with van der Waals surface area (Å²) in [7, 11) is 1.49. The first-order valence-corrected chi connectivity index (χ1v) is 5.61. The fraction of sp³-hybridized carbons (Fsp3) is 0.500. The Morgan fingerprint density at radius 2 is 2.50 bits per heavy atom. The van der Waals surface area contributed by atoms with Gasteiger partial charge in [0, 0.05) is 13.7 Å². The molecular formula is C12H17N3O3. The normalized spacial score (nSPS) is 11.8. The minimum atomic E-state index is -0.719. The van der Waals surface area contributed by atoms with Crippen LogP contribution in [0.25, 0.3) is 0 Å². The summed E-state index contributed by atoms with van der Waals surface area (Å²) in [5, 5.41) is 8.60. The van der Waals surface area contributed by atoms with Gasteiger partial charge in [-0.2, -0.15) is 5.26 Å². The van der Waals surface area contributed by atoms with Crippen LogP contribution in [0.1, 0.15) is 12.2 Å². The molecule has 1 rings (SSSR count). The summed E-state index contributed by atoms with van der Waals surface area (Å²) in [4.78, 5) is 13.5. The van der Waals surface area contributed by atoms with Gasteiger partial charge in [-0.1, -0.05) is 0 Å². The van der Waals surface area contributed by atoms with Gasteiger partial charge in [0.25, 0.3) is 0 Å². The smallest absolute Gasteiger partial charge is 0.242 e. The zero-order valence-corrected chi connectivity index (χ0v) is 10.3. The largest absolute Gasteiger partial charge is 0.467 e. The number of nitrogens with two attached hydrogens (primary N) is 1. The lowest BCUT2D eigenvalue weighted by atomic mass is 10.2. The molecule has 18 heavy (non-hydrogen) atoms. The maximum absolute atomic E-state index is 12.0. The van der Waals surface area contributed by atoms with Crippen LogP contribution in [0.15, 0.2) is 22.8 Å². The lowest BCUT2D eigenvalue weighted by Gasteiger charge is -2.23. The first-order valence-electron chi connectivity index (χ1n) is 5.61. The maximum atomic E-state index is 12.0. The molecule has 1 unspecified atom stereocenters. The Hall–Kier alpha value is -1.84. The molecule has 0 saturated heterocycles. The van der Waals surface area contributed by atoms with Crippen LogP contribution < -0.4 is 5.73 Å². The summed E-state index contributed by atoms with van der Waals surface area (Å²) in [6.07, 6.45) is 1.80. The highest BCUT2D eigenvalue weighted by atomic mass is 16.5. The summed E-state index contributed by atoms with van der Waals surface area (Å²) >= 11 is 0. The van der Waals surface area contributed by atoms with Crippen LogP contribution in [0.2, 0.25) is 0 Å². The monoisotopic (exact) mass is 251 g/mol. The van der Waals surface area contributed by atoms with Crippen molar-refractivity contribution in [3.63, 3.8) is 0 Å². The Bertz CT molecular complexity index is 397. The van der Waals surface area contributed by atoms with Crippen molar-refractivity contribution in [1.82, 2.24) is 4.90 Å². The van der Waals surface area contributed by atoms with Crippen LogP contribution >= 0.6 is 0 Å². The van der Waals surface area contributed by atoms with Crippen molar-refractivity contribution >= 4 is 5.91 Å². The molecule has 1 aromatic heterocycles. The number of carbonyl (C=O) groups excluding carboxylic acids is 1. The number of hydrogen-bond acceptors (Lipinski definition) is 5. The Morgan fingerprint density at radius 1 is 1.72 bits per heavy atom. The van der Waals surface area contributed by atoms with Crippen molar-refractivity contribution in [2.75, 3.05) is 20.3 Å². The molecule has 0 radical (unpaired) electrons. The number of furan rings is 1. The van der Waals surface area contributed by atoms with Crippen molar-refractivity contribution in [1.29, 1.82) is 5.26 Å². The Balaban J connectivity index is 2.65. The molecule has 0 aliphatic carbocycles. The molecule has 1 atom stereocenters. The summed E-state index contributed by atoms with van der Waals surface area (Å²) < 4.78 is 10.0. The average molecular weight is 251 g/mol. The Morgan fingerprint density at radius 3 is 3.06 bits per heavy atom. The van der Waals surface area contributed by atoms with Crippen LogP contribution in [-0.4, -0.2) is 37.1 Å². The van der Waals surface area contributed by atoms with E-state index in [0.29, 0.717) is 18.8 Å². The number of nitriles is 1. The summed E-state index contributed by atoms with van der Waals surface area (Å²) in [6.45, 7) is 0.790. The molecule has 0 fully saturated rings. The molecule has 0 saturated carbocycles. The molecule has 0 bridgehead atoms. The van der Waals surface area contributed by atoms with Crippen molar-refractivity contribution in [3.8, 4) is 6.07 Å². The van der Waals surface area contributed by atoms with E-state index in [4.69, 9.17) is 20.1 Å². The molecule has 0 spiro atoms. The van der Waals surface area contributed by atoms with Gasteiger partial charge in [0.05, 0.1) is 31.9 Å². The molecule has 6 heteroatoms.